The first-order valence-electron chi connectivity index (χ1n) is 8.39. The van der Waals surface area contributed by atoms with Crippen LogP contribution in [0.2, 0.25) is 0 Å². The van der Waals surface area contributed by atoms with E-state index in [0.717, 1.165) is 29.5 Å². The first-order valence-corrected chi connectivity index (χ1v) is 9.18. The number of fused-ring (bicyclic) bond motifs is 1. The minimum absolute atomic E-state index is 0.235. The second-order valence-electron chi connectivity index (χ2n) is 6.16. The van der Waals surface area contributed by atoms with Gasteiger partial charge in [-0.15, -0.1) is 0 Å². The second-order valence-corrected chi connectivity index (χ2v) is 7.08. The van der Waals surface area contributed by atoms with Crippen LogP contribution in [0.15, 0.2) is 40.9 Å². The maximum absolute atomic E-state index is 13.2. The Balaban J connectivity index is 2.17. The topological polar surface area (TPSA) is 63.8 Å². The van der Waals surface area contributed by atoms with E-state index in [1.807, 2.05) is 25.1 Å². The van der Waals surface area contributed by atoms with Gasteiger partial charge in [-0.05, 0) is 49.7 Å². The summed E-state index contributed by atoms with van der Waals surface area (Å²) in [5.74, 6) is 0.819. The lowest BCUT2D eigenvalue weighted by atomic mass is 10.1. The Morgan fingerprint density at radius 3 is 2.63 bits per heavy atom. The third kappa shape index (κ3) is 4.39. The number of anilines is 1. The molecule has 1 aromatic heterocycles. The first-order chi connectivity index (χ1) is 12.8. The lowest BCUT2D eigenvalue weighted by molar-refractivity contribution is -0.137. The van der Waals surface area contributed by atoms with Crippen molar-refractivity contribution in [1.82, 2.24) is 9.97 Å². The zero-order chi connectivity index (χ0) is 19.6. The molecule has 2 aromatic carbocycles. The number of aryl methyl sites for hydroxylation is 1. The molecule has 27 heavy (non-hydrogen) atoms. The van der Waals surface area contributed by atoms with Crippen molar-refractivity contribution in [2.24, 2.45) is 5.73 Å². The first kappa shape index (κ1) is 19.6. The number of para-hydroxylation sites is 1. The van der Waals surface area contributed by atoms with Crippen LogP contribution in [0.3, 0.4) is 0 Å². The fourth-order valence-electron chi connectivity index (χ4n) is 2.75. The number of benzene rings is 2. The summed E-state index contributed by atoms with van der Waals surface area (Å²) in [4.78, 5) is 9.03. The highest BCUT2D eigenvalue weighted by atomic mass is 79.9. The quantitative estimate of drug-likeness (QED) is 0.540. The van der Waals surface area contributed by atoms with Gasteiger partial charge in [0.15, 0.2) is 5.82 Å². The molecule has 0 amide bonds. The molecule has 142 valence electrons. The van der Waals surface area contributed by atoms with E-state index >= 15 is 0 Å². The monoisotopic (exact) mass is 438 g/mol. The smallest absolute Gasteiger partial charge is 0.369 e. The van der Waals surface area contributed by atoms with E-state index in [-0.39, 0.29) is 5.82 Å². The molecule has 8 heteroatoms. The highest BCUT2D eigenvalue weighted by Gasteiger charge is 2.31. The van der Waals surface area contributed by atoms with Crippen LogP contribution in [0.5, 0.6) is 0 Å². The van der Waals surface area contributed by atoms with E-state index in [9.17, 15) is 13.2 Å². The molecule has 0 atom stereocenters. The van der Waals surface area contributed by atoms with Gasteiger partial charge in [0.2, 0.25) is 0 Å². The molecule has 0 saturated heterocycles. The molecule has 0 fully saturated rings. The van der Waals surface area contributed by atoms with Crippen molar-refractivity contribution >= 4 is 32.7 Å². The molecule has 0 bridgehead atoms. The third-order valence-corrected chi connectivity index (χ3v) is 4.54. The van der Waals surface area contributed by atoms with E-state index in [2.05, 4.69) is 31.2 Å². The largest absolute Gasteiger partial charge is 0.416 e. The molecule has 0 aliphatic carbocycles. The zero-order valence-electron chi connectivity index (χ0n) is 14.6. The number of aromatic nitrogens is 2. The van der Waals surface area contributed by atoms with Gasteiger partial charge in [0.25, 0.3) is 0 Å². The number of rotatable bonds is 5. The van der Waals surface area contributed by atoms with Crippen molar-refractivity contribution in [3.05, 3.63) is 52.0 Å². The normalized spacial score (nSPS) is 11.8. The predicted octanol–water partition coefficient (Wildman–Crippen LogP) is 5.15. The average molecular weight is 439 g/mol. The number of alkyl halides is 3. The van der Waals surface area contributed by atoms with Gasteiger partial charge in [0.1, 0.15) is 5.82 Å². The highest BCUT2D eigenvalue weighted by molar-refractivity contribution is 9.10. The van der Waals surface area contributed by atoms with Gasteiger partial charge in [0.05, 0.1) is 11.1 Å². The van der Waals surface area contributed by atoms with Crippen LogP contribution in [-0.2, 0) is 6.18 Å². The van der Waals surface area contributed by atoms with E-state index < -0.39 is 11.7 Å². The Hall–Kier alpha value is -2.19. The summed E-state index contributed by atoms with van der Waals surface area (Å²) in [5, 5.41) is 4.04. The fourth-order valence-corrected chi connectivity index (χ4v) is 3.24. The van der Waals surface area contributed by atoms with Gasteiger partial charge in [-0.2, -0.15) is 13.2 Å². The number of nitrogens with one attached hydrogen (secondary N) is 1. The highest BCUT2D eigenvalue weighted by Crippen LogP contribution is 2.35. The molecule has 0 saturated carbocycles. The van der Waals surface area contributed by atoms with Crippen molar-refractivity contribution < 1.29 is 13.2 Å². The number of halogens is 4. The summed E-state index contributed by atoms with van der Waals surface area (Å²) in [6.07, 6.45) is -3.70. The summed E-state index contributed by atoms with van der Waals surface area (Å²) >= 11 is 3.15. The van der Waals surface area contributed by atoms with Crippen molar-refractivity contribution in [2.75, 3.05) is 18.4 Å². The Morgan fingerprint density at radius 2 is 1.93 bits per heavy atom. The molecule has 3 rings (SSSR count). The standard InChI is InChI=1S/C19H18BrF3N4/c1-11-4-2-5-15-16(11)26-17(27-18(15)25-7-3-6-24)12-8-13(19(21,22)23)10-14(20)9-12/h2,4-5,8-10H,3,6-7,24H2,1H3,(H,25,26,27). The summed E-state index contributed by atoms with van der Waals surface area (Å²) < 4.78 is 39.9. The summed E-state index contributed by atoms with van der Waals surface area (Å²) in [6, 6.07) is 9.38. The molecule has 0 aliphatic heterocycles. The van der Waals surface area contributed by atoms with Crippen molar-refractivity contribution in [3.63, 3.8) is 0 Å². The Kier molecular flexibility index (Phi) is 5.67. The van der Waals surface area contributed by atoms with E-state index in [1.54, 1.807) is 6.07 Å². The van der Waals surface area contributed by atoms with Gasteiger partial charge < -0.3 is 11.1 Å². The number of hydrogen-bond donors (Lipinski definition) is 2. The second kappa shape index (κ2) is 7.82. The van der Waals surface area contributed by atoms with Crippen LogP contribution in [0.4, 0.5) is 19.0 Å². The Morgan fingerprint density at radius 1 is 1.15 bits per heavy atom. The van der Waals surface area contributed by atoms with Gasteiger partial charge in [0, 0.05) is 22.0 Å². The number of nitrogens with zero attached hydrogens (tertiary/aromatic N) is 2. The van der Waals surface area contributed by atoms with Crippen LogP contribution >= 0.6 is 15.9 Å². The lowest BCUT2D eigenvalue weighted by Crippen LogP contribution is -2.11. The number of nitrogens with two attached hydrogens (primary N) is 1. The van der Waals surface area contributed by atoms with Crippen LogP contribution < -0.4 is 11.1 Å². The van der Waals surface area contributed by atoms with Gasteiger partial charge in [-0.3, -0.25) is 0 Å². The van der Waals surface area contributed by atoms with E-state index in [0.29, 0.717) is 34.5 Å². The molecule has 0 unspecified atom stereocenters. The van der Waals surface area contributed by atoms with E-state index in [4.69, 9.17) is 5.73 Å². The molecular weight excluding hydrogens is 421 g/mol. The van der Waals surface area contributed by atoms with Crippen LogP contribution in [-0.4, -0.2) is 23.1 Å². The molecule has 1 heterocycles. The predicted molar refractivity (Wildman–Crippen MR) is 105 cm³/mol. The molecule has 0 spiro atoms. The van der Waals surface area contributed by atoms with E-state index in [1.165, 1.54) is 0 Å². The van der Waals surface area contributed by atoms with Gasteiger partial charge >= 0.3 is 6.18 Å². The lowest BCUT2D eigenvalue weighted by Gasteiger charge is -2.13. The zero-order valence-corrected chi connectivity index (χ0v) is 16.2. The maximum Gasteiger partial charge on any atom is 0.416 e. The number of hydrogen-bond acceptors (Lipinski definition) is 4. The minimum atomic E-state index is -4.45. The molecule has 3 N–H and O–H groups in total. The summed E-state index contributed by atoms with van der Waals surface area (Å²) in [7, 11) is 0. The average Bonchev–Trinajstić information content (AvgIpc) is 2.61. The minimum Gasteiger partial charge on any atom is -0.369 e. The van der Waals surface area contributed by atoms with Gasteiger partial charge in [-0.1, -0.05) is 28.1 Å². The van der Waals surface area contributed by atoms with Crippen LogP contribution in [0.1, 0.15) is 17.5 Å². The molecule has 0 aliphatic rings. The van der Waals surface area contributed by atoms with Crippen LogP contribution in [0, 0.1) is 6.92 Å². The van der Waals surface area contributed by atoms with Crippen LogP contribution in [0.25, 0.3) is 22.3 Å². The SMILES string of the molecule is Cc1cccc2c(NCCCN)nc(-c3cc(Br)cc(C(F)(F)F)c3)nc12. The molecule has 3 aromatic rings. The van der Waals surface area contributed by atoms with Crippen molar-refractivity contribution in [1.29, 1.82) is 0 Å². The molecule has 4 nitrogen and oxygen atoms in total. The summed E-state index contributed by atoms with van der Waals surface area (Å²) in [6.45, 7) is 3.05. The Labute approximate surface area is 163 Å². The summed E-state index contributed by atoms with van der Waals surface area (Å²) in [5.41, 5.74) is 6.70. The van der Waals surface area contributed by atoms with Crippen molar-refractivity contribution in [2.45, 2.75) is 19.5 Å². The van der Waals surface area contributed by atoms with Gasteiger partial charge in [-0.25, -0.2) is 9.97 Å². The fraction of sp³-hybridized carbons (Fsp3) is 0.263. The molecular formula is C19H18BrF3N4. The molecule has 0 radical (unpaired) electrons. The maximum atomic E-state index is 13.2. The van der Waals surface area contributed by atoms with Crippen molar-refractivity contribution in [3.8, 4) is 11.4 Å². The Bertz CT molecular complexity index is 973. The third-order valence-electron chi connectivity index (χ3n) is 4.08.